The number of rotatable bonds is 6. The molecule has 28 heavy (non-hydrogen) atoms. The predicted molar refractivity (Wildman–Crippen MR) is 115 cm³/mol. The molecule has 3 aromatic rings. The summed E-state index contributed by atoms with van der Waals surface area (Å²) in [6, 6.07) is 8.40. The molecule has 0 radical (unpaired) electrons. The summed E-state index contributed by atoms with van der Waals surface area (Å²) in [6.45, 7) is 11.0. The molecule has 0 unspecified atom stereocenters. The van der Waals surface area contributed by atoms with Crippen LogP contribution in [0.5, 0.6) is 0 Å². The van der Waals surface area contributed by atoms with E-state index >= 15 is 0 Å². The summed E-state index contributed by atoms with van der Waals surface area (Å²) in [7, 11) is 0. The van der Waals surface area contributed by atoms with E-state index in [4.69, 9.17) is 15.1 Å². The average molecular weight is 380 g/mol. The molecule has 0 bridgehead atoms. The van der Waals surface area contributed by atoms with Crippen LogP contribution in [-0.4, -0.2) is 45.9 Å². The summed E-state index contributed by atoms with van der Waals surface area (Å²) in [5.41, 5.74) is 5.27. The molecule has 0 aliphatic carbocycles. The molecule has 1 aliphatic heterocycles. The van der Waals surface area contributed by atoms with Gasteiger partial charge in [-0.05, 0) is 31.9 Å². The summed E-state index contributed by atoms with van der Waals surface area (Å²) >= 11 is 0. The lowest BCUT2D eigenvalue weighted by molar-refractivity contribution is 0.580. The average Bonchev–Trinajstić information content (AvgIpc) is 3.08. The van der Waals surface area contributed by atoms with Crippen LogP contribution in [-0.2, 0) is 13.0 Å². The monoisotopic (exact) mass is 379 g/mol. The Bertz CT molecular complexity index is 940. The lowest BCUT2D eigenvalue weighted by Crippen LogP contribution is -2.44. The van der Waals surface area contributed by atoms with Gasteiger partial charge < -0.3 is 15.5 Å². The zero-order valence-electron chi connectivity index (χ0n) is 17.0. The fourth-order valence-electron chi connectivity index (χ4n) is 3.61. The molecule has 0 amide bonds. The Morgan fingerprint density at radius 2 is 1.82 bits per heavy atom. The van der Waals surface area contributed by atoms with Crippen molar-refractivity contribution in [3.8, 4) is 0 Å². The minimum Gasteiger partial charge on any atom is -0.338 e. The molecule has 4 rings (SSSR count). The second-order valence-electron chi connectivity index (χ2n) is 7.32. The largest absolute Gasteiger partial charge is 0.338 e. The number of nitrogens with zero attached hydrogens (tertiary/aromatic N) is 5. The van der Waals surface area contributed by atoms with Crippen molar-refractivity contribution in [2.45, 2.75) is 40.2 Å². The van der Waals surface area contributed by atoms with Gasteiger partial charge in [-0.1, -0.05) is 31.5 Å². The summed E-state index contributed by atoms with van der Waals surface area (Å²) in [5.74, 6) is 1.62. The van der Waals surface area contributed by atoms with Gasteiger partial charge in [0.25, 0.3) is 0 Å². The number of nitrogens with one attached hydrogen (secondary N) is 2. The summed E-state index contributed by atoms with van der Waals surface area (Å²) in [6.07, 6.45) is 1.87. The third-order valence-electron chi connectivity index (χ3n) is 5.13. The van der Waals surface area contributed by atoms with Gasteiger partial charge in [-0.15, -0.1) is 0 Å². The van der Waals surface area contributed by atoms with Crippen molar-refractivity contribution in [1.82, 2.24) is 25.1 Å². The Kier molecular flexibility index (Phi) is 5.43. The van der Waals surface area contributed by atoms with Crippen LogP contribution in [0.25, 0.3) is 11.0 Å². The van der Waals surface area contributed by atoms with Crippen molar-refractivity contribution < 1.29 is 0 Å². The molecule has 0 atom stereocenters. The van der Waals surface area contributed by atoms with Crippen molar-refractivity contribution in [1.29, 1.82) is 0 Å². The van der Waals surface area contributed by atoms with Crippen molar-refractivity contribution in [3.63, 3.8) is 0 Å². The van der Waals surface area contributed by atoms with Crippen LogP contribution in [0.1, 0.15) is 31.5 Å². The number of hydrogen-bond donors (Lipinski definition) is 2. The van der Waals surface area contributed by atoms with Gasteiger partial charge in [0.1, 0.15) is 11.0 Å². The van der Waals surface area contributed by atoms with E-state index in [1.807, 2.05) is 0 Å². The standard InChI is InChI=1S/C21H29N7/c1-4-12-28-19-18(17(5-2)26-28)24-21(27-13-10-22-11-14-27)25-20(19)23-16-8-6-15(3)7-9-16/h6-9,22H,4-5,10-14H2,1-3H3,(H,23,24,25). The van der Waals surface area contributed by atoms with Gasteiger partial charge in [0.2, 0.25) is 5.95 Å². The van der Waals surface area contributed by atoms with Crippen LogP contribution >= 0.6 is 0 Å². The molecule has 148 valence electrons. The Hall–Kier alpha value is -2.67. The zero-order chi connectivity index (χ0) is 19.5. The summed E-state index contributed by atoms with van der Waals surface area (Å²) < 4.78 is 2.06. The highest BCUT2D eigenvalue weighted by Crippen LogP contribution is 2.29. The first-order chi connectivity index (χ1) is 13.7. The van der Waals surface area contributed by atoms with Crippen molar-refractivity contribution in [2.75, 3.05) is 36.4 Å². The molecule has 1 fully saturated rings. The van der Waals surface area contributed by atoms with E-state index < -0.39 is 0 Å². The Balaban J connectivity index is 1.84. The maximum absolute atomic E-state index is 4.95. The van der Waals surface area contributed by atoms with E-state index in [2.05, 4.69) is 65.3 Å². The van der Waals surface area contributed by atoms with E-state index in [1.165, 1.54) is 5.56 Å². The van der Waals surface area contributed by atoms with Gasteiger partial charge in [-0.3, -0.25) is 4.68 Å². The van der Waals surface area contributed by atoms with Crippen LogP contribution in [0, 0.1) is 6.92 Å². The number of aromatic nitrogens is 4. The SMILES string of the molecule is CCCn1nc(CC)c2nc(N3CCNCC3)nc(Nc3ccc(C)cc3)c21. The van der Waals surface area contributed by atoms with Crippen LogP contribution < -0.4 is 15.5 Å². The van der Waals surface area contributed by atoms with E-state index in [0.29, 0.717) is 0 Å². The third-order valence-corrected chi connectivity index (χ3v) is 5.13. The minimum absolute atomic E-state index is 0.786. The second-order valence-corrected chi connectivity index (χ2v) is 7.32. The fourth-order valence-corrected chi connectivity index (χ4v) is 3.61. The van der Waals surface area contributed by atoms with Gasteiger partial charge in [0.05, 0.1) is 5.69 Å². The molecule has 1 aliphatic rings. The highest BCUT2D eigenvalue weighted by molar-refractivity contribution is 5.90. The molecule has 0 saturated carbocycles. The Morgan fingerprint density at radius 1 is 1.07 bits per heavy atom. The van der Waals surface area contributed by atoms with Crippen LogP contribution in [0.2, 0.25) is 0 Å². The Labute approximate surface area is 166 Å². The van der Waals surface area contributed by atoms with Crippen molar-refractivity contribution in [3.05, 3.63) is 35.5 Å². The third kappa shape index (κ3) is 3.67. The molecular formula is C21H29N7. The number of aryl methyl sites for hydroxylation is 3. The van der Waals surface area contributed by atoms with Gasteiger partial charge in [0, 0.05) is 38.4 Å². The highest BCUT2D eigenvalue weighted by Gasteiger charge is 2.21. The first kappa shape index (κ1) is 18.7. The molecule has 3 heterocycles. The van der Waals surface area contributed by atoms with Crippen LogP contribution in [0.4, 0.5) is 17.5 Å². The van der Waals surface area contributed by atoms with E-state index in [0.717, 1.165) is 79.7 Å². The minimum atomic E-state index is 0.786. The molecule has 2 aromatic heterocycles. The predicted octanol–water partition coefficient (Wildman–Crippen LogP) is 3.26. The normalized spacial score (nSPS) is 14.6. The van der Waals surface area contributed by atoms with E-state index in [1.54, 1.807) is 0 Å². The van der Waals surface area contributed by atoms with Gasteiger partial charge in [-0.2, -0.15) is 10.1 Å². The lowest BCUT2D eigenvalue weighted by atomic mass is 10.2. The number of hydrogen-bond acceptors (Lipinski definition) is 6. The smallest absolute Gasteiger partial charge is 0.228 e. The number of anilines is 3. The molecule has 1 saturated heterocycles. The first-order valence-electron chi connectivity index (χ1n) is 10.3. The maximum Gasteiger partial charge on any atom is 0.228 e. The molecule has 1 aromatic carbocycles. The number of fused-ring (bicyclic) bond motifs is 1. The topological polar surface area (TPSA) is 70.9 Å². The number of benzene rings is 1. The summed E-state index contributed by atoms with van der Waals surface area (Å²) in [5, 5.41) is 11.8. The van der Waals surface area contributed by atoms with Crippen molar-refractivity contribution in [2.24, 2.45) is 0 Å². The van der Waals surface area contributed by atoms with Crippen LogP contribution in [0.15, 0.2) is 24.3 Å². The maximum atomic E-state index is 4.95. The molecule has 7 heteroatoms. The second kappa shape index (κ2) is 8.14. The van der Waals surface area contributed by atoms with E-state index in [9.17, 15) is 0 Å². The van der Waals surface area contributed by atoms with Gasteiger partial charge >= 0.3 is 0 Å². The lowest BCUT2D eigenvalue weighted by Gasteiger charge is -2.27. The Morgan fingerprint density at radius 3 is 2.50 bits per heavy atom. The first-order valence-corrected chi connectivity index (χ1v) is 10.3. The van der Waals surface area contributed by atoms with Crippen LogP contribution in [0.3, 0.4) is 0 Å². The van der Waals surface area contributed by atoms with Gasteiger partial charge in [-0.25, -0.2) is 4.98 Å². The molecule has 2 N–H and O–H groups in total. The highest BCUT2D eigenvalue weighted by atomic mass is 15.3. The number of piperazine rings is 1. The molecule has 7 nitrogen and oxygen atoms in total. The zero-order valence-corrected chi connectivity index (χ0v) is 17.0. The van der Waals surface area contributed by atoms with E-state index in [-0.39, 0.29) is 0 Å². The van der Waals surface area contributed by atoms with Gasteiger partial charge in [0.15, 0.2) is 5.82 Å². The molecule has 0 spiro atoms. The summed E-state index contributed by atoms with van der Waals surface area (Å²) in [4.78, 5) is 12.2. The van der Waals surface area contributed by atoms with Crippen molar-refractivity contribution >= 4 is 28.5 Å². The fraction of sp³-hybridized carbons (Fsp3) is 0.476. The quantitative estimate of drug-likeness (QED) is 0.685. The molecular weight excluding hydrogens is 350 g/mol.